The Hall–Kier alpha value is -0.800. The lowest BCUT2D eigenvalue weighted by atomic mass is 10.3. The van der Waals surface area contributed by atoms with E-state index in [1.54, 1.807) is 18.5 Å². The highest BCUT2D eigenvalue weighted by molar-refractivity contribution is 6.30. The molecule has 1 aromatic heterocycles. The summed E-state index contributed by atoms with van der Waals surface area (Å²) in [6.45, 7) is 2.07. The summed E-state index contributed by atoms with van der Waals surface area (Å²) in [5.41, 5.74) is 0. The number of aromatic nitrogens is 1. The average molecular weight is 213 g/mol. The first-order valence-corrected chi connectivity index (χ1v) is 5.07. The SMILES string of the molecule is CN1CCC(Oc2cncc(Cl)c2)C1. The zero-order chi connectivity index (χ0) is 9.97. The van der Waals surface area contributed by atoms with E-state index < -0.39 is 0 Å². The monoisotopic (exact) mass is 212 g/mol. The number of rotatable bonds is 2. The molecule has 14 heavy (non-hydrogen) atoms. The average Bonchev–Trinajstić information content (AvgIpc) is 2.51. The van der Waals surface area contributed by atoms with Crippen LogP contribution in [0.5, 0.6) is 5.75 Å². The van der Waals surface area contributed by atoms with Gasteiger partial charge in [-0.2, -0.15) is 0 Å². The van der Waals surface area contributed by atoms with Crippen LogP contribution in [0.3, 0.4) is 0 Å². The highest BCUT2D eigenvalue weighted by Crippen LogP contribution is 2.19. The molecule has 1 fully saturated rings. The maximum Gasteiger partial charge on any atom is 0.139 e. The molecule has 0 aromatic carbocycles. The van der Waals surface area contributed by atoms with E-state index in [0.29, 0.717) is 5.02 Å². The predicted molar refractivity (Wildman–Crippen MR) is 55.8 cm³/mol. The molecule has 1 aliphatic rings. The zero-order valence-corrected chi connectivity index (χ0v) is 8.87. The lowest BCUT2D eigenvalue weighted by Crippen LogP contribution is -2.21. The minimum absolute atomic E-state index is 0.278. The Morgan fingerprint density at radius 1 is 1.57 bits per heavy atom. The van der Waals surface area contributed by atoms with E-state index in [-0.39, 0.29) is 6.10 Å². The molecule has 0 aliphatic carbocycles. The Labute approximate surface area is 88.6 Å². The normalized spacial score (nSPS) is 22.6. The first kappa shape index (κ1) is 9.74. The second-order valence-corrected chi connectivity index (χ2v) is 4.07. The number of nitrogens with zero attached hydrogens (tertiary/aromatic N) is 2. The smallest absolute Gasteiger partial charge is 0.139 e. The van der Waals surface area contributed by atoms with Crippen LogP contribution in [0.1, 0.15) is 6.42 Å². The Kier molecular flexibility index (Phi) is 2.89. The first-order valence-electron chi connectivity index (χ1n) is 4.70. The van der Waals surface area contributed by atoms with Crippen LogP contribution in [0.4, 0.5) is 0 Å². The van der Waals surface area contributed by atoms with Crippen LogP contribution in [-0.2, 0) is 0 Å². The number of likely N-dealkylation sites (N-methyl/N-ethyl adjacent to an activating group) is 1. The van der Waals surface area contributed by atoms with Crippen LogP contribution in [0, 0.1) is 0 Å². The molecule has 2 heterocycles. The van der Waals surface area contributed by atoms with Crippen molar-refractivity contribution in [3.8, 4) is 5.75 Å². The number of ether oxygens (including phenoxy) is 1. The van der Waals surface area contributed by atoms with Crippen molar-refractivity contribution in [3.63, 3.8) is 0 Å². The van der Waals surface area contributed by atoms with Crippen molar-refractivity contribution in [2.75, 3.05) is 20.1 Å². The summed E-state index contributed by atoms with van der Waals surface area (Å²) in [5, 5.41) is 0.619. The van der Waals surface area contributed by atoms with Crippen molar-refractivity contribution in [1.29, 1.82) is 0 Å². The topological polar surface area (TPSA) is 25.4 Å². The third-order valence-corrected chi connectivity index (χ3v) is 2.54. The molecule has 1 saturated heterocycles. The summed E-state index contributed by atoms with van der Waals surface area (Å²) in [6, 6.07) is 1.80. The molecule has 76 valence electrons. The van der Waals surface area contributed by atoms with E-state index >= 15 is 0 Å². The summed E-state index contributed by atoms with van der Waals surface area (Å²) in [5.74, 6) is 0.762. The van der Waals surface area contributed by atoms with Gasteiger partial charge in [-0.1, -0.05) is 11.6 Å². The van der Waals surface area contributed by atoms with E-state index in [9.17, 15) is 0 Å². The Morgan fingerprint density at radius 3 is 3.07 bits per heavy atom. The number of hydrogen-bond donors (Lipinski definition) is 0. The number of halogens is 1. The van der Waals surface area contributed by atoms with Crippen LogP contribution in [0.2, 0.25) is 5.02 Å². The molecule has 1 unspecified atom stereocenters. The van der Waals surface area contributed by atoms with Crippen molar-refractivity contribution in [2.45, 2.75) is 12.5 Å². The fourth-order valence-corrected chi connectivity index (χ4v) is 1.80. The maximum absolute atomic E-state index is 5.81. The van der Waals surface area contributed by atoms with Crippen LogP contribution in [-0.4, -0.2) is 36.1 Å². The lowest BCUT2D eigenvalue weighted by Gasteiger charge is -2.13. The Bertz CT molecular complexity index is 319. The summed E-state index contributed by atoms with van der Waals surface area (Å²) in [7, 11) is 2.10. The van der Waals surface area contributed by atoms with Crippen molar-refractivity contribution < 1.29 is 4.74 Å². The van der Waals surface area contributed by atoms with Gasteiger partial charge < -0.3 is 9.64 Å². The van der Waals surface area contributed by atoms with E-state index in [0.717, 1.165) is 25.3 Å². The lowest BCUT2D eigenvalue weighted by molar-refractivity contribution is 0.207. The highest BCUT2D eigenvalue weighted by Gasteiger charge is 2.20. The second-order valence-electron chi connectivity index (χ2n) is 3.63. The Balaban J connectivity index is 1.97. The second kappa shape index (κ2) is 4.15. The molecule has 4 heteroatoms. The van der Waals surface area contributed by atoms with E-state index in [2.05, 4.69) is 16.9 Å². The van der Waals surface area contributed by atoms with Crippen molar-refractivity contribution >= 4 is 11.6 Å². The van der Waals surface area contributed by atoms with Crippen LogP contribution in [0.15, 0.2) is 18.5 Å². The summed E-state index contributed by atoms with van der Waals surface area (Å²) in [6.07, 6.45) is 4.66. The minimum Gasteiger partial charge on any atom is -0.487 e. The van der Waals surface area contributed by atoms with Crippen molar-refractivity contribution in [1.82, 2.24) is 9.88 Å². The minimum atomic E-state index is 0.278. The van der Waals surface area contributed by atoms with E-state index in [1.807, 2.05) is 0 Å². The molecule has 3 nitrogen and oxygen atoms in total. The molecule has 0 saturated carbocycles. The van der Waals surface area contributed by atoms with Crippen molar-refractivity contribution in [2.24, 2.45) is 0 Å². The first-order chi connectivity index (χ1) is 6.74. The highest BCUT2D eigenvalue weighted by atomic mass is 35.5. The zero-order valence-electron chi connectivity index (χ0n) is 8.11. The number of pyridine rings is 1. The van der Waals surface area contributed by atoms with Gasteiger partial charge in [0.15, 0.2) is 0 Å². The van der Waals surface area contributed by atoms with Crippen molar-refractivity contribution in [3.05, 3.63) is 23.5 Å². The van der Waals surface area contributed by atoms with Crippen LogP contribution in [0.25, 0.3) is 0 Å². The van der Waals surface area contributed by atoms with Crippen LogP contribution < -0.4 is 4.74 Å². The predicted octanol–water partition coefficient (Wildman–Crippen LogP) is 1.82. The van der Waals surface area contributed by atoms with Gasteiger partial charge in [0.25, 0.3) is 0 Å². The molecule has 1 aromatic rings. The molecule has 0 radical (unpaired) electrons. The van der Waals surface area contributed by atoms with Gasteiger partial charge in [-0.25, -0.2) is 0 Å². The van der Waals surface area contributed by atoms with Crippen LogP contribution >= 0.6 is 11.6 Å². The van der Waals surface area contributed by atoms with Gasteiger partial charge in [0.2, 0.25) is 0 Å². The molecule has 1 aliphatic heterocycles. The molecule has 0 N–H and O–H groups in total. The number of hydrogen-bond acceptors (Lipinski definition) is 3. The Morgan fingerprint density at radius 2 is 2.43 bits per heavy atom. The quantitative estimate of drug-likeness (QED) is 0.748. The third kappa shape index (κ3) is 2.36. The fourth-order valence-electron chi connectivity index (χ4n) is 1.64. The van der Waals surface area contributed by atoms with Gasteiger partial charge >= 0.3 is 0 Å². The van der Waals surface area contributed by atoms with E-state index in [4.69, 9.17) is 16.3 Å². The van der Waals surface area contributed by atoms with Gasteiger partial charge in [-0.3, -0.25) is 4.98 Å². The molecular formula is C10H13ClN2O. The standard InChI is InChI=1S/C10H13ClN2O/c1-13-3-2-9(7-13)14-10-4-8(11)5-12-6-10/h4-6,9H,2-3,7H2,1H3. The summed E-state index contributed by atoms with van der Waals surface area (Å²) < 4.78 is 5.74. The van der Waals surface area contributed by atoms with E-state index in [1.165, 1.54) is 0 Å². The molecule has 2 rings (SSSR count). The molecule has 0 amide bonds. The summed E-state index contributed by atoms with van der Waals surface area (Å²) in [4.78, 5) is 6.23. The molecule has 0 spiro atoms. The summed E-state index contributed by atoms with van der Waals surface area (Å²) >= 11 is 5.81. The third-order valence-electron chi connectivity index (χ3n) is 2.33. The van der Waals surface area contributed by atoms with Gasteiger partial charge in [0.05, 0.1) is 11.2 Å². The van der Waals surface area contributed by atoms with Gasteiger partial charge in [-0.05, 0) is 13.5 Å². The largest absolute Gasteiger partial charge is 0.487 e. The fraction of sp³-hybridized carbons (Fsp3) is 0.500. The van der Waals surface area contributed by atoms with Gasteiger partial charge in [0.1, 0.15) is 11.9 Å². The van der Waals surface area contributed by atoms with Gasteiger partial charge in [0, 0.05) is 25.4 Å². The molecular weight excluding hydrogens is 200 g/mol. The maximum atomic E-state index is 5.81. The molecule has 0 bridgehead atoms. The van der Waals surface area contributed by atoms with Gasteiger partial charge in [-0.15, -0.1) is 0 Å². The molecule has 1 atom stereocenters. The number of likely N-dealkylation sites (tertiary alicyclic amines) is 1.